The SMILES string of the molecule is O=C(Nc1cccc(Cl)c1)[C@H]1[C@@H]2C=C[C@]3(O2)[C@@H]1C(=O)N(CCc1ccccc1Cl)[C@H]3C(=O)NC1CCCCC1. The van der Waals surface area contributed by atoms with Gasteiger partial charge in [0.2, 0.25) is 17.7 Å². The van der Waals surface area contributed by atoms with Crippen LogP contribution in [0, 0.1) is 11.8 Å². The van der Waals surface area contributed by atoms with Crippen LogP contribution in [0.2, 0.25) is 10.0 Å². The van der Waals surface area contributed by atoms with Crippen LogP contribution in [0.4, 0.5) is 5.69 Å². The van der Waals surface area contributed by atoms with E-state index >= 15 is 0 Å². The topological polar surface area (TPSA) is 87.7 Å². The van der Waals surface area contributed by atoms with Crippen LogP contribution in [0.1, 0.15) is 37.7 Å². The lowest BCUT2D eigenvalue weighted by atomic mass is 9.74. The Labute approximate surface area is 237 Å². The molecule has 3 amide bonds. The van der Waals surface area contributed by atoms with Gasteiger partial charge in [0.1, 0.15) is 11.6 Å². The summed E-state index contributed by atoms with van der Waals surface area (Å²) in [4.78, 5) is 43.2. The van der Waals surface area contributed by atoms with E-state index in [2.05, 4.69) is 10.6 Å². The van der Waals surface area contributed by atoms with Crippen LogP contribution in [0.3, 0.4) is 0 Å². The molecule has 3 aliphatic heterocycles. The number of nitrogens with zero attached hydrogens (tertiary/aromatic N) is 1. The molecule has 0 unspecified atom stereocenters. The fourth-order valence-electron chi connectivity index (χ4n) is 6.77. The van der Waals surface area contributed by atoms with Crippen LogP contribution in [0.5, 0.6) is 0 Å². The van der Waals surface area contributed by atoms with Crippen LogP contribution < -0.4 is 10.6 Å². The van der Waals surface area contributed by atoms with E-state index in [0.717, 1.165) is 31.2 Å². The summed E-state index contributed by atoms with van der Waals surface area (Å²) >= 11 is 12.5. The summed E-state index contributed by atoms with van der Waals surface area (Å²) in [6, 6.07) is 13.6. The first-order chi connectivity index (χ1) is 18.9. The molecule has 39 heavy (non-hydrogen) atoms. The van der Waals surface area contributed by atoms with Gasteiger partial charge < -0.3 is 20.3 Å². The van der Waals surface area contributed by atoms with Crippen molar-refractivity contribution in [2.75, 3.05) is 11.9 Å². The molecule has 2 saturated heterocycles. The van der Waals surface area contributed by atoms with Gasteiger partial charge in [0.25, 0.3) is 0 Å². The zero-order chi connectivity index (χ0) is 27.1. The van der Waals surface area contributed by atoms with Gasteiger partial charge in [0.15, 0.2) is 0 Å². The smallest absolute Gasteiger partial charge is 0.246 e. The fraction of sp³-hybridized carbons (Fsp3) is 0.433. The van der Waals surface area contributed by atoms with Gasteiger partial charge in [-0.2, -0.15) is 0 Å². The van der Waals surface area contributed by atoms with Crippen molar-refractivity contribution in [2.45, 2.75) is 62.3 Å². The maximum Gasteiger partial charge on any atom is 0.246 e. The predicted molar refractivity (Wildman–Crippen MR) is 149 cm³/mol. The predicted octanol–water partition coefficient (Wildman–Crippen LogP) is 4.77. The van der Waals surface area contributed by atoms with Crippen LogP contribution in [-0.2, 0) is 25.5 Å². The maximum atomic E-state index is 14.1. The summed E-state index contributed by atoms with van der Waals surface area (Å²) in [5, 5.41) is 7.22. The number of anilines is 1. The Balaban J connectivity index is 1.30. The zero-order valence-electron chi connectivity index (χ0n) is 21.4. The molecule has 204 valence electrons. The number of hydrogen-bond donors (Lipinski definition) is 2. The molecule has 6 rings (SSSR count). The lowest BCUT2D eigenvalue weighted by molar-refractivity contribution is -0.141. The van der Waals surface area contributed by atoms with Gasteiger partial charge in [0.05, 0.1) is 17.9 Å². The number of nitrogens with one attached hydrogen (secondary N) is 2. The number of hydrogen-bond acceptors (Lipinski definition) is 4. The minimum absolute atomic E-state index is 0.0757. The second-order valence-corrected chi connectivity index (χ2v) is 11.8. The molecule has 1 saturated carbocycles. The summed E-state index contributed by atoms with van der Waals surface area (Å²) in [7, 11) is 0. The van der Waals surface area contributed by atoms with Crippen LogP contribution >= 0.6 is 23.2 Å². The minimum Gasteiger partial charge on any atom is -0.359 e. The van der Waals surface area contributed by atoms with Crippen molar-refractivity contribution >= 4 is 46.6 Å². The summed E-state index contributed by atoms with van der Waals surface area (Å²) in [5.41, 5.74) is 0.238. The largest absolute Gasteiger partial charge is 0.359 e. The molecule has 4 aliphatic rings. The number of rotatable bonds is 7. The summed E-state index contributed by atoms with van der Waals surface area (Å²) in [6.07, 6.45) is 8.71. The molecule has 9 heteroatoms. The first kappa shape index (κ1) is 26.4. The monoisotopic (exact) mass is 567 g/mol. The van der Waals surface area contributed by atoms with E-state index in [1.165, 1.54) is 6.42 Å². The Morgan fingerprint density at radius 3 is 2.59 bits per heavy atom. The first-order valence-electron chi connectivity index (χ1n) is 13.7. The Hall–Kier alpha value is -2.87. The average Bonchev–Trinajstić information content (AvgIpc) is 3.56. The first-order valence-corrected chi connectivity index (χ1v) is 14.4. The molecule has 7 nitrogen and oxygen atoms in total. The number of carbonyl (C=O) groups is 3. The number of ether oxygens (including phenoxy) is 1. The molecule has 3 heterocycles. The second kappa shape index (κ2) is 10.6. The molecule has 2 bridgehead atoms. The van der Waals surface area contributed by atoms with Crippen molar-refractivity contribution in [3.05, 3.63) is 76.3 Å². The highest BCUT2D eigenvalue weighted by atomic mass is 35.5. The minimum atomic E-state index is -1.20. The highest BCUT2D eigenvalue weighted by Gasteiger charge is 2.72. The lowest BCUT2D eigenvalue weighted by Crippen LogP contribution is -2.56. The van der Waals surface area contributed by atoms with E-state index < -0.39 is 29.6 Å². The zero-order valence-corrected chi connectivity index (χ0v) is 23.0. The molecule has 5 atom stereocenters. The van der Waals surface area contributed by atoms with Gasteiger partial charge in [0, 0.05) is 28.3 Å². The van der Waals surface area contributed by atoms with Crippen LogP contribution in [-0.4, -0.2) is 53.0 Å². The molecule has 0 radical (unpaired) electrons. The highest BCUT2D eigenvalue weighted by molar-refractivity contribution is 6.31. The number of likely N-dealkylation sites (tertiary alicyclic amines) is 1. The van der Waals surface area contributed by atoms with E-state index in [1.54, 1.807) is 29.2 Å². The van der Waals surface area contributed by atoms with E-state index in [-0.39, 0.29) is 30.3 Å². The normalized spacial score (nSPS) is 29.5. The van der Waals surface area contributed by atoms with Gasteiger partial charge in [-0.05, 0) is 49.1 Å². The van der Waals surface area contributed by atoms with Crippen LogP contribution in [0.25, 0.3) is 0 Å². The summed E-state index contributed by atoms with van der Waals surface area (Å²) in [5.74, 6) is -2.37. The third kappa shape index (κ3) is 4.75. The molecule has 1 aliphatic carbocycles. The van der Waals surface area contributed by atoms with Gasteiger partial charge in [-0.1, -0.05) is 78.9 Å². The maximum absolute atomic E-state index is 14.1. The Morgan fingerprint density at radius 2 is 1.82 bits per heavy atom. The number of fused-ring (bicyclic) bond motifs is 1. The molecule has 2 aromatic rings. The molecule has 2 N–H and O–H groups in total. The molecular weight excluding hydrogens is 537 g/mol. The quantitative estimate of drug-likeness (QED) is 0.471. The Bertz CT molecular complexity index is 1330. The van der Waals surface area contributed by atoms with E-state index in [1.807, 2.05) is 36.4 Å². The number of benzene rings is 2. The number of halogens is 2. The molecule has 1 spiro atoms. The molecule has 0 aromatic heterocycles. The summed E-state index contributed by atoms with van der Waals surface area (Å²) in [6.45, 7) is 0.286. The van der Waals surface area contributed by atoms with Crippen molar-refractivity contribution in [1.82, 2.24) is 10.2 Å². The lowest BCUT2D eigenvalue weighted by Gasteiger charge is -2.34. The molecular formula is C30H31Cl2N3O4. The van der Waals surface area contributed by atoms with Gasteiger partial charge in [-0.3, -0.25) is 14.4 Å². The van der Waals surface area contributed by atoms with Crippen molar-refractivity contribution < 1.29 is 19.1 Å². The van der Waals surface area contributed by atoms with Gasteiger partial charge in [-0.25, -0.2) is 0 Å². The average molecular weight is 569 g/mol. The summed E-state index contributed by atoms with van der Waals surface area (Å²) < 4.78 is 6.43. The molecule has 3 fully saturated rings. The fourth-order valence-corrected chi connectivity index (χ4v) is 7.19. The third-order valence-corrected chi connectivity index (χ3v) is 9.15. The number of amides is 3. The van der Waals surface area contributed by atoms with Gasteiger partial charge >= 0.3 is 0 Å². The van der Waals surface area contributed by atoms with Crippen molar-refractivity contribution in [1.29, 1.82) is 0 Å². The van der Waals surface area contributed by atoms with E-state index in [9.17, 15) is 14.4 Å². The molecule has 2 aromatic carbocycles. The van der Waals surface area contributed by atoms with E-state index in [0.29, 0.717) is 22.2 Å². The second-order valence-electron chi connectivity index (χ2n) is 10.9. The van der Waals surface area contributed by atoms with Crippen LogP contribution in [0.15, 0.2) is 60.7 Å². The van der Waals surface area contributed by atoms with Crippen molar-refractivity contribution in [2.24, 2.45) is 11.8 Å². The Kier molecular flexibility index (Phi) is 7.16. The van der Waals surface area contributed by atoms with Gasteiger partial charge in [-0.15, -0.1) is 0 Å². The number of carbonyl (C=O) groups excluding carboxylic acids is 3. The van der Waals surface area contributed by atoms with E-state index in [4.69, 9.17) is 27.9 Å². The van der Waals surface area contributed by atoms with Crippen molar-refractivity contribution in [3.63, 3.8) is 0 Å². The Morgan fingerprint density at radius 1 is 1.03 bits per heavy atom. The standard InChI is InChI=1S/C30H31Cl2N3O4/c31-19-8-6-11-21(17-19)34-27(36)24-23-13-15-30(39-23)25(24)29(38)35(16-14-18-7-4-5-12-22(18)32)26(30)28(37)33-20-9-2-1-3-10-20/h4-8,11-13,15,17,20,23-26H,1-3,9-10,14,16H2,(H,33,37)(H,34,36)/t23-,24-,25-,26-,30-/m0/s1. The highest BCUT2D eigenvalue weighted by Crippen LogP contribution is 2.55. The van der Waals surface area contributed by atoms with Crippen molar-refractivity contribution in [3.8, 4) is 0 Å². The third-order valence-electron chi connectivity index (χ3n) is 8.55.